The zero-order chi connectivity index (χ0) is 20.4. The van der Waals surface area contributed by atoms with E-state index in [2.05, 4.69) is 6.92 Å². The highest BCUT2D eigenvalue weighted by molar-refractivity contribution is 5.85. The molecule has 1 unspecified atom stereocenters. The Morgan fingerprint density at radius 3 is 2.30 bits per heavy atom. The maximum absolute atomic E-state index is 12.7. The number of hydrogen-bond donors (Lipinski definition) is 1. The number of nitrogens with zero attached hydrogens (tertiary/aromatic N) is 1. The number of carboxylic acid groups (broad SMARTS) is 1. The van der Waals surface area contributed by atoms with Crippen LogP contribution in [0.15, 0.2) is 18.2 Å². The lowest BCUT2D eigenvalue weighted by molar-refractivity contribution is -0.151. The summed E-state index contributed by atoms with van der Waals surface area (Å²) in [7, 11) is 0. The van der Waals surface area contributed by atoms with Crippen molar-refractivity contribution < 1.29 is 19.4 Å². The third-order valence-corrected chi connectivity index (χ3v) is 5.29. The van der Waals surface area contributed by atoms with Crippen molar-refractivity contribution in [2.75, 3.05) is 13.2 Å². The van der Waals surface area contributed by atoms with Crippen molar-refractivity contribution in [3.63, 3.8) is 0 Å². The lowest BCUT2D eigenvalue weighted by atomic mass is 9.85. The minimum absolute atomic E-state index is 0.230. The summed E-state index contributed by atoms with van der Waals surface area (Å²) < 4.78 is 5.22. The first kappa shape index (κ1) is 23.0. The van der Waals surface area contributed by atoms with Gasteiger partial charge >= 0.3 is 12.1 Å². The second-order valence-corrected chi connectivity index (χ2v) is 7.20. The van der Waals surface area contributed by atoms with Crippen LogP contribution in [0.4, 0.5) is 4.79 Å². The lowest BCUT2D eigenvalue weighted by Gasteiger charge is -2.39. The molecule has 27 heavy (non-hydrogen) atoms. The molecule has 1 aromatic carbocycles. The number of carbonyl (C=O) groups excluding carboxylic acids is 1. The van der Waals surface area contributed by atoms with Crippen LogP contribution in [0.3, 0.4) is 0 Å². The predicted octanol–water partition coefficient (Wildman–Crippen LogP) is 5.12. The summed E-state index contributed by atoms with van der Waals surface area (Å²) in [5, 5.41) is 10.1. The molecule has 1 amide bonds. The molecule has 0 aliphatic carbocycles. The first-order valence-electron chi connectivity index (χ1n) is 10.1. The molecule has 1 atom stereocenters. The number of aliphatic carboxylic acids is 1. The van der Waals surface area contributed by atoms with Crippen molar-refractivity contribution >= 4 is 12.1 Å². The molecule has 0 heterocycles. The molecule has 0 spiro atoms. The van der Waals surface area contributed by atoms with E-state index in [0.29, 0.717) is 13.0 Å². The third kappa shape index (κ3) is 5.98. The van der Waals surface area contributed by atoms with E-state index in [1.165, 1.54) is 4.90 Å². The molecule has 0 bridgehead atoms. The maximum Gasteiger partial charge on any atom is 0.410 e. The molecular formula is C22H35NO4. The highest BCUT2D eigenvalue weighted by atomic mass is 16.6. The Bertz CT molecular complexity index is 629. The average Bonchev–Trinajstić information content (AvgIpc) is 2.63. The number of hydrogen-bond acceptors (Lipinski definition) is 3. The van der Waals surface area contributed by atoms with E-state index in [0.717, 1.165) is 42.4 Å². The van der Waals surface area contributed by atoms with Gasteiger partial charge in [0.15, 0.2) is 0 Å². The van der Waals surface area contributed by atoms with Crippen LogP contribution in [0.25, 0.3) is 0 Å². The van der Waals surface area contributed by atoms with Crippen LogP contribution in [0.2, 0.25) is 0 Å². The Kier molecular flexibility index (Phi) is 9.33. The minimum atomic E-state index is -1.31. The SMILES string of the molecule is CCCCCCN(C(=O)OCC)C(CC)(Cc1ccc(C)c(C)c1)C(=O)O. The van der Waals surface area contributed by atoms with Crippen molar-refractivity contribution in [1.29, 1.82) is 0 Å². The van der Waals surface area contributed by atoms with Gasteiger partial charge in [0.1, 0.15) is 5.54 Å². The van der Waals surface area contributed by atoms with E-state index in [9.17, 15) is 14.7 Å². The topological polar surface area (TPSA) is 66.8 Å². The number of ether oxygens (including phenoxy) is 1. The fourth-order valence-electron chi connectivity index (χ4n) is 3.38. The molecule has 0 aromatic heterocycles. The monoisotopic (exact) mass is 377 g/mol. The Hall–Kier alpha value is -2.04. The first-order valence-corrected chi connectivity index (χ1v) is 10.1. The number of amides is 1. The zero-order valence-corrected chi connectivity index (χ0v) is 17.5. The van der Waals surface area contributed by atoms with E-state index in [-0.39, 0.29) is 13.0 Å². The van der Waals surface area contributed by atoms with Crippen LogP contribution in [0.5, 0.6) is 0 Å². The molecule has 1 N–H and O–H groups in total. The second kappa shape index (κ2) is 11.0. The Morgan fingerprint density at radius 1 is 1.07 bits per heavy atom. The van der Waals surface area contributed by atoms with Crippen LogP contribution in [-0.4, -0.2) is 40.8 Å². The first-order chi connectivity index (χ1) is 12.8. The largest absolute Gasteiger partial charge is 0.479 e. The molecule has 5 heteroatoms. The highest BCUT2D eigenvalue weighted by Crippen LogP contribution is 2.28. The summed E-state index contributed by atoms with van der Waals surface area (Å²) in [5.41, 5.74) is 1.90. The molecule has 0 saturated heterocycles. The number of benzene rings is 1. The molecule has 152 valence electrons. The van der Waals surface area contributed by atoms with Gasteiger partial charge in [-0.05, 0) is 50.3 Å². The summed E-state index contributed by atoms with van der Waals surface area (Å²) in [4.78, 5) is 26.5. The van der Waals surface area contributed by atoms with Crippen LogP contribution in [0.1, 0.15) is 69.6 Å². The molecule has 0 radical (unpaired) electrons. The van der Waals surface area contributed by atoms with Gasteiger partial charge < -0.3 is 9.84 Å². The normalized spacial score (nSPS) is 13.1. The van der Waals surface area contributed by atoms with E-state index >= 15 is 0 Å². The Balaban J connectivity index is 3.23. The second-order valence-electron chi connectivity index (χ2n) is 7.20. The van der Waals surface area contributed by atoms with Crippen molar-refractivity contribution in [1.82, 2.24) is 4.90 Å². The summed E-state index contributed by atoms with van der Waals surface area (Å²) in [6.07, 6.45) is 3.94. The minimum Gasteiger partial charge on any atom is -0.479 e. The van der Waals surface area contributed by atoms with Gasteiger partial charge in [0.25, 0.3) is 0 Å². The van der Waals surface area contributed by atoms with Crippen molar-refractivity contribution in [3.05, 3.63) is 34.9 Å². The number of unbranched alkanes of at least 4 members (excludes halogenated alkanes) is 3. The molecular weight excluding hydrogens is 342 g/mol. The molecule has 0 saturated carbocycles. The van der Waals surface area contributed by atoms with E-state index in [1.54, 1.807) is 6.92 Å². The van der Waals surface area contributed by atoms with Gasteiger partial charge in [0.2, 0.25) is 0 Å². The van der Waals surface area contributed by atoms with Gasteiger partial charge in [0.05, 0.1) is 6.61 Å². The summed E-state index contributed by atoms with van der Waals surface area (Å²) in [5.74, 6) is -0.980. The molecule has 1 rings (SSSR count). The van der Waals surface area contributed by atoms with E-state index < -0.39 is 17.6 Å². The predicted molar refractivity (Wildman–Crippen MR) is 108 cm³/mol. The molecule has 0 aliphatic rings. The number of rotatable bonds is 11. The Labute approximate surface area is 163 Å². The zero-order valence-electron chi connectivity index (χ0n) is 17.5. The quantitative estimate of drug-likeness (QED) is 0.544. The van der Waals surface area contributed by atoms with Gasteiger partial charge in [-0.1, -0.05) is 51.3 Å². The van der Waals surface area contributed by atoms with E-state index in [4.69, 9.17) is 4.74 Å². The third-order valence-electron chi connectivity index (χ3n) is 5.29. The van der Waals surface area contributed by atoms with Crippen molar-refractivity contribution in [2.24, 2.45) is 0 Å². The summed E-state index contributed by atoms with van der Waals surface area (Å²) in [6, 6.07) is 5.97. The van der Waals surface area contributed by atoms with Crippen LogP contribution >= 0.6 is 0 Å². The van der Waals surface area contributed by atoms with Gasteiger partial charge in [-0.2, -0.15) is 0 Å². The molecule has 0 aliphatic heterocycles. The fraction of sp³-hybridized carbons (Fsp3) is 0.636. The van der Waals surface area contributed by atoms with Crippen LogP contribution < -0.4 is 0 Å². The average molecular weight is 378 g/mol. The lowest BCUT2D eigenvalue weighted by Crippen LogP contribution is -2.58. The van der Waals surface area contributed by atoms with Crippen LogP contribution in [-0.2, 0) is 16.0 Å². The van der Waals surface area contributed by atoms with Crippen molar-refractivity contribution in [3.8, 4) is 0 Å². The van der Waals surface area contributed by atoms with Gasteiger partial charge in [-0.3, -0.25) is 4.90 Å². The number of aryl methyl sites for hydroxylation is 2. The summed E-state index contributed by atoms with van der Waals surface area (Å²) >= 11 is 0. The number of carboxylic acids is 1. The molecule has 5 nitrogen and oxygen atoms in total. The summed E-state index contributed by atoms with van der Waals surface area (Å²) in [6.45, 7) is 10.4. The molecule has 1 aromatic rings. The maximum atomic E-state index is 12.7. The smallest absolute Gasteiger partial charge is 0.410 e. The van der Waals surface area contributed by atoms with E-state index in [1.807, 2.05) is 39.0 Å². The fourth-order valence-corrected chi connectivity index (χ4v) is 3.38. The van der Waals surface area contributed by atoms with Crippen molar-refractivity contribution in [2.45, 2.75) is 78.7 Å². The number of carbonyl (C=O) groups is 2. The Morgan fingerprint density at radius 2 is 1.78 bits per heavy atom. The molecule has 0 fully saturated rings. The van der Waals surface area contributed by atoms with Gasteiger partial charge in [-0.25, -0.2) is 9.59 Å². The van der Waals surface area contributed by atoms with Crippen LogP contribution in [0, 0.1) is 13.8 Å². The highest BCUT2D eigenvalue weighted by Gasteiger charge is 2.46. The van der Waals surface area contributed by atoms with Gasteiger partial charge in [0, 0.05) is 13.0 Å². The standard InChI is InChI=1S/C22H35NO4/c1-6-9-10-11-14-23(21(26)27-8-3)22(7-2,20(24)25)16-19-13-12-17(4)18(5)15-19/h12-13,15H,6-11,14,16H2,1-5H3,(H,24,25). The van der Waals surface area contributed by atoms with Gasteiger partial charge in [-0.15, -0.1) is 0 Å².